The molecular formula is C20H23NO3. The van der Waals surface area contributed by atoms with Gasteiger partial charge in [-0.3, -0.25) is 4.79 Å². The second-order valence-corrected chi connectivity index (χ2v) is 6.24. The predicted molar refractivity (Wildman–Crippen MR) is 94.9 cm³/mol. The summed E-state index contributed by atoms with van der Waals surface area (Å²) in [5.41, 5.74) is 3.50. The molecule has 0 bridgehead atoms. The molecule has 2 aromatic carbocycles. The normalized spacial score (nSPS) is 17.0. The summed E-state index contributed by atoms with van der Waals surface area (Å²) in [4.78, 5) is 13.2. The van der Waals surface area contributed by atoms with Crippen LogP contribution in [0.25, 0.3) is 0 Å². The minimum atomic E-state index is -0.723. The van der Waals surface area contributed by atoms with E-state index in [0.717, 1.165) is 42.8 Å². The average molecular weight is 325 g/mol. The van der Waals surface area contributed by atoms with Crippen LogP contribution in [0.1, 0.15) is 30.4 Å². The first-order chi connectivity index (χ1) is 11.7. The molecule has 1 aliphatic heterocycles. The lowest BCUT2D eigenvalue weighted by Gasteiger charge is -2.26. The number of aliphatic carboxylic acids is 1. The number of ether oxygens (including phenoxy) is 1. The molecule has 4 heteroatoms. The van der Waals surface area contributed by atoms with Crippen LogP contribution in [-0.4, -0.2) is 30.8 Å². The van der Waals surface area contributed by atoms with Gasteiger partial charge in [0.05, 0.1) is 13.5 Å². The van der Waals surface area contributed by atoms with E-state index in [2.05, 4.69) is 35.2 Å². The number of carboxylic acids is 1. The van der Waals surface area contributed by atoms with Gasteiger partial charge in [0.25, 0.3) is 0 Å². The summed E-state index contributed by atoms with van der Waals surface area (Å²) in [6, 6.07) is 16.6. The molecule has 3 rings (SSSR count). The Morgan fingerprint density at radius 3 is 2.67 bits per heavy atom. The molecule has 1 atom stereocenters. The van der Waals surface area contributed by atoms with Crippen LogP contribution in [0.15, 0.2) is 48.5 Å². The zero-order valence-corrected chi connectivity index (χ0v) is 13.9. The van der Waals surface area contributed by atoms with Gasteiger partial charge in [0.2, 0.25) is 0 Å². The second kappa shape index (κ2) is 7.39. The number of para-hydroxylation sites is 1. The molecule has 0 spiro atoms. The minimum Gasteiger partial charge on any atom is -0.496 e. The van der Waals surface area contributed by atoms with E-state index in [4.69, 9.17) is 9.84 Å². The van der Waals surface area contributed by atoms with Crippen molar-refractivity contribution < 1.29 is 14.6 Å². The van der Waals surface area contributed by atoms with Crippen molar-refractivity contribution in [3.63, 3.8) is 0 Å². The molecule has 1 aliphatic rings. The molecule has 24 heavy (non-hydrogen) atoms. The zero-order valence-electron chi connectivity index (χ0n) is 13.9. The molecule has 1 saturated heterocycles. The Kier molecular flexibility index (Phi) is 5.04. The van der Waals surface area contributed by atoms with E-state index >= 15 is 0 Å². The van der Waals surface area contributed by atoms with Crippen LogP contribution in [0.3, 0.4) is 0 Å². The molecule has 1 fully saturated rings. The van der Waals surface area contributed by atoms with E-state index in [1.165, 1.54) is 5.56 Å². The fourth-order valence-electron chi connectivity index (χ4n) is 3.46. The first-order valence-corrected chi connectivity index (χ1v) is 8.36. The lowest BCUT2D eigenvalue weighted by atomic mass is 10.0. The number of carbonyl (C=O) groups is 1. The highest BCUT2D eigenvalue weighted by atomic mass is 16.5. The molecule has 2 aromatic rings. The minimum absolute atomic E-state index is 0.113. The summed E-state index contributed by atoms with van der Waals surface area (Å²) in [7, 11) is 1.69. The van der Waals surface area contributed by atoms with Crippen molar-refractivity contribution in [1.82, 2.24) is 0 Å². The maximum absolute atomic E-state index is 11.0. The zero-order chi connectivity index (χ0) is 16.9. The topological polar surface area (TPSA) is 49.8 Å². The lowest BCUT2D eigenvalue weighted by molar-refractivity contribution is -0.137. The number of carboxylic acid groups (broad SMARTS) is 1. The van der Waals surface area contributed by atoms with Crippen LogP contribution in [0, 0.1) is 0 Å². The Labute approximate surface area is 142 Å². The number of anilines is 1. The van der Waals surface area contributed by atoms with Gasteiger partial charge in [-0.1, -0.05) is 30.3 Å². The third-order valence-corrected chi connectivity index (χ3v) is 4.64. The Hall–Kier alpha value is -2.49. The monoisotopic (exact) mass is 325 g/mol. The highest BCUT2D eigenvalue weighted by molar-refractivity contribution is 5.69. The van der Waals surface area contributed by atoms with Gasteiger partial charge in [-0.2, -0.15) is 0 Å². The maximum Gasteiger partial charge on any atom is 0.305 e. The van der Waals surface area contributed by atoms with Gasteiger partial charge in [0, 0.05) is 24.7 Å². The Balaban J connectivity index is 1.72. The van der Waals surface area contributed by atoms with Gasteiger partial charge in [0.1, 0.15) is 5.75 Å². The molecule has 0 saturated carbocycles. The fraction of sp³-hybridized carbons (Fsp3) is 0.350. The summed E-state index contributed by atoms with van der Waals surface area (Å²) in [5, 5.41) is 9.06. The third kappa shape index (κ3) is 3.70. The molecule has 0 aliphatic carbocycles. The number of benzene rings is 2. The molecule has 0 radical (unpaired) electrons. The molecule has 0 unspecified atom stereocenters. The average Bonchev–Trinajstić information content (AvgIpc) is 3.03. The smallest absolute Gasteiger partial charge is 0.305 e. The van der Waals surface area contributed by atoms with Gasteiger partial charge in [-0.05, 0) is 42.2 Å². The van der Waals surface area contributed by atoms with Gasteiger partial charge in [-0.15, -0.1) is 0 Å². The van der Waals surface area contributed by atoms with Crippen LogP contribution in [-0.2, 0) is 11.2 Å². The summed E-state index contributed by atoms with van der Waals surface area (Å²) in [5.74, 6) is 0.183. The molecule has 1 N–H and O–H groups in total. The number of nitrogens with zero attached hydrogens (tertiary/aromatic N) is 1. The van der Waals surface area contributed by atoms with Crippen molar-refractivity contribution in [3.05, 3.63) is 59.7 Å². The quantitative estimate of drug-likeness (QED) is 0.879. The van der Waals surface area contributed by atoms with E-state index in [0.29, 0.717) is 0 Å². The van der Waals surface area contributed by atoms with Gasteiger partial charge in [0.15, 0.2) is 0 Å². The highest BCUT2D eigenvalue weighted by Gasteiger charge is 2.26. The number of methoxy groups -OCH3 is 1. The van der Waals surface area contributed by atoms with E-state index in [1.54, 1.807) is 7.11 Å². The number of hydrogen-bond donors (Lipinski definition) is 1. The van der Waals surface area contributed by atoms with Crippen LogP contribution in [0.5, 0.6) is 5.75 Å². The Morgan fingerprint density at radius 2 is 1.96 bits per heavy atom. The van der Waals surface area contributed by atoms with E-state index < -0.39 is 5.97 Å². The molecule has 0 aromatic heterocycles. The molecule has 126 valence electrons. The van der Waals surface area contributed by atoms with Crippen LogP contribution >= 0.6 is 0 Å². The van der Waals surface area contributed by atoms with E-state index in [1.807, 2.05) is 18.2 Å². The van der Waals surface area contributed by atoms with Crippen molar-refractivity contribution in [2.45, 2.75) is 31.7 Å². The molecule has 4 nitrogen and oxygen atoms in total. The summed E-state index contributed by atoms with van der Waals surface area (Å²) in [6.45, 7) is 0.934. The van der Waals surface area contributed by atoms with Crippen molar-refractivity contribution in [1.29, 1.82) is 0 Å². The van der Waals surface area contributed by atoms with Crippen LogP contribution in [0.4, 0.5) is 5.69 Å². The Bertz CT molecular complexity index is 696. The third-order valence-electron chi connectivity index (χ3n) is 4.64. The first kappa shape index (κ1) is 16.4. The second-order valence-electron chi connectivity index (χ2n) is 6.24. The standard InChI is InChI=1S/C20H23NO3/c1-24-19-7-3-2-5-16(19)13-15-8-10-17(11-9-15)21-12-4-6-18(21)14-20(22)23/h2-3,5,7-11,18H,4,6,12-14H2,1H3,(H,22,23)/t18-/m0/s1. The van der Waals surface area contributed by atoms with Crippen molar-refractivity contribution in [3.8, 4) is 5.75 Å². The van der Waals surface area contributed by atoms with E-state index in [9.17, 15) is 4.79 Å². The van der Waals surface area contributed by atoms with Crippen LogP contribution < -0.4 is 9.64 Å². The van der Waals surface area contributed by atoms with Crippen molar-refractivity contribution in [2.24, 2.45) is 0 Å². The SMILES string of the molecule is COc1ccccc1Cc1ccc(N2CCC[C@H]2CC(=O)O)cc1. The summed E-state index contributed by atoms with van der Waals surface area (Å²) in [6.07, 6.45) is 3.04. The summed E-state index contributed by atoms with van der Waals surface area (Å²) < 4.78 is 5.41. The van der Waals surface area contributed by atoms with Gasteiger partial charge >= 0.3 is 5.97 Å². The van der Waals surface area contributed by atoms with E-state index in [-0.39, 0.29) is 12.5 Å². The van der Waals surface area contributed by atoms with Crippen LogP contribution in [0.2, 0.25) is 0 Å². The lowest BCUT2D eigenvalue weighted by Crippen LogP contribution is -2.31. The fourth-order valence-corrected chi connectivity index (χ4v) is 3.46. The number of hydrogen-bond acceptors (Lipinski definition) is 3. The van der Waals surface area contributed by atoms with Crippen molar-refractivity contribution in [2.75, 3.05) is 18.6 Å². The maximum atomic E-state index is 11.0. The summed E-state index contributed by atoms with van der Waals surface area (Å²) >= 11 is 0. The largest absolute Gasteiger partial charge is 0.496 e. The number of rotatable bonds is 6. The molecule has 0 amide bonds. The first-order valence-electron chi connectivity index (χ1n) is 8.36. The van der Waals surface area contributed by atoms with Crippen molar-refractivity contribution >= 4 is 11.7 Å². The predicted octanol–water partition coefficient (Wildman–Crippen LogP) is 3.73. The highest BCUT2D eigenvalue weighted by Crippen LogP contribution is 2.28. The molecule has 1 heterocycles. The van der Waals surface area contributed by atoms with Gasteiger partial charge in [-0.25, -0.2) is 0 Å². The molecular weight excluding hydrogens is 302 g/mol. The Morgan fingerprint density at radius 1 is 1.21 bits per heavy atom. The van der Waals surface area contributed by atoms with Gasteiger partial charge < -0.3 is 14.7 Å².